The summed E-state index contributed by atoms with van der Waals surface area (Å²) in [4.78, 5) is 12.7. The first kappa shape index (κ1) is 26.8. The van der Waals surface area contributed by atoms with Gasteiger partial charge in [-0.2, -0.15) is 0 Å². The van der Waals surface area contributed by atoms with E-state index in [1.165, 1.54) is 74.5 Å². The molecule has 2 aromatic carbocycles. The molecule has 2 N–H and O–H groups in total. The zero-order chi connectivity index (χ0) is 25.3. The summed E-state index contributed by atoms with van der Waals surface area (Å²) in [5, 5.41) is 6.78. The van der Waals surface area contributed by atoms with Crippen LogP contribution in [0, 0.1) is 11.8 Å². The van der Waals surface area contributed by atoms with E-state index in [9.17, 15) is 4.79 Å². The van der Waals surface area contributed by atoms with Crippen molar-refractivity contribution >= 4 is 11.6 Å². The second-order valence-electron chi connectivity index (χ2n) is 11.9. The van der Waals surface area contributed by atoms with E-state index in [0.717, 1.165) is 48.9 Å². The van der Waals surface area contributed by atoms with Gasteiger partial charge in [0, 0.05) is 23.8 Å². The Morgan fingerprint density at radius 1 is 0.861 bits per heavy atom. The average Bonchev–Trinajstić information content (AvgIpc) is 3.42. The quantitative estimate of drug-likeness (QED) is 0.429. The van der Waals surface area contributed by atoms with Gasteiger partial charge in [-0.1, -0.05) is 83.9 Å². The van der Waals surface area contributed by atoms with Gasteiger partial charge >= 0.3 is 0 Å². The van der Waals surface area contributed by atoms with Crippen LogP contribution < -0.4 is 10.6 Å². The molecule has 0 aliphatic heterocycles. The Morgan fingerprint density at radius 3 is 2.19 bits per heavy atom. The molecule has 0 aromatic heterocycles. The minimum absolute atomic E-state index is 0.0413. The summed E-state index contributed by atoms with van der Waals surface area (Å²) in [6.07, 6.45) is 15.9. The second kappa shape index (κ2) is 13.3. The SMILES string of the molecule is CC(C)c1ccc2c(c1)CCC(NC(=O)c1ccc(NCC3CCCC3)cc1)C2.CC1CCCCC1. The molecule has 5 rings (SSSR count). The third-order valence-corrected chi connectivity index (χ3v) is 8.57. The summed E-state index contributed by atoms with van der Waals surface area (Å²) in [5.41, 5.74) is 6.11. The van der Waals surface area contributed by atoms with Gasteiger partial charge in [-0.25, -0.2) is 0 Å². The molecule has 3 heteroatoms. The molecule has 0 spiro atoms. The van der Waals surface area contributed by atoms with Gasteiger partial charge < -0.3 is 10.6 Å². The number of benzene rings is 2. The first-order valence-electron chi connectivity index (χ1n) is 14.7. The van der Waals surface area contributed by atoms with Gasteiger partial charge in [-0.15, -0.1) is 0 Å². The third-order valence-electron chi connectivity index (χ3n) is 8.57. The molecule has 2 aromatic rings. The molecule has 2 fully saturated rings. The zero-order valence-corrected chi connectivity index (χ0v) is 23.0. The summed E-state index contributed by atoms with van der Waals surface area (Å²) in [6, 6.07) is 15.0. The number of hydrogen-bond acceptors (Lipinski definition) is 2. The maximum Gasteiger partial charge on any atom is 0.251 e. The first-order chi connectivity index (χ1) is 17.5. The lowest BCUT2D eigenvalue weighted by atomic mass is 9.85. The van der Waals surface area contributed by atoms with Crippen LogP contribution in [-0.2, 0) is 12.8 Å². The number of hydrogen-bond donors (Lipinski definition) is 2. The monoisotopic (exact) mass is 488 g/mol. The van der Waals surface area contributed by atoms with Crippen LogP contribution in [0.15, 0.2) is 42.5 Å². The van der Waals surface area contributed by atoms with E-state index in [0.29, 0.717) is 5.92 Å². The van der Waals surface area contributed by atoms with Crippen LogP contribution >= 0.6 is 0 Å². The summed E-state index contributed by atoms with van der Waals surface area (Å²) >= 11 is 0. The van der Waals surface area contributed by atoms with Crippen LogP contribution in [-0.4, -0.2) is 18.5 Å². The smallest absolute Gasteiger partial charge is 0.251 e. The van der Waals surface area contributed by atoms with E-state index in [-0.39, 0.29) is 11.9 Å². The Bertz CT molecular complexity index is 952. The molecule has 3 aliphatic rings. The molecule has 1 unspecified atom stereocenters. The molecule has 0 bridgehead atoms. The van der Waals surface area contributed by atoms with Crippen LogP contribution in [0.1, 0.15) is 118 Å². The number of carbonyl (C=O) groups is 1. The summed E-state index contributed by atoms with van der Waals surface area (Å²) in [7, 11) is 0. The molecule has 0 heterocycles. The van der Waals surface area contributed by atoms with Gasteiger partial charge in [0.05, 0.1) is 0 Å². The Balaban J connectivity index is 0.000000375. The summed E-state index contributed by atoms with van der Waals surface area (Å²) in [6.45, 7) is 7.89. The van der Waals surface area contributed by atoms with Crippen molar-refractivity contribution < 1.29 is 4.79 Å². The van der Waals surface area contributed by atoms with E-state index in [1.807, 2.05) is 24.3 Å². The fourth-order valence-corrected chi connectivity index (χ4v) is 6.05. The lowest BCUT2D eigenvalue weighted by Gasteiger charge is -2.26. The molecular formula is C33H48N2O. The van der Waals surface area contributed by atoms with Crippen LogP contribution in [0.2, 0.25) is 0 Å². The Kier molecular flexibility index (Phi) is 9.90. The molecule has 1 amide bonds. The molecule has 2 saturated carbocycles. The fraction of sp³-hybridized carbons (Fsp3) is 0.606. The summed E-state index contributed by atoms with van der Waals surface area (Å²) in [5.74, 6) is 2.45. The zero-order valence-electron chi connectivity index (χ0n) is 23.0. The van der Waals surface area contributed by atoms with Gasteiger partial charge in [0.1, 0.15) is 0 Å². The van der Waals surface area contributed by atoms with Crippen molar-refractivity contribution in [1.82, 2.24) is 5.32 Å². The number of anilines is 1. The molecule has 0 saturated heterocycles. The topological polar surface area (TPSA) is 41.1 Å². The van der Waals surface area contributed by atoms with Gasteiger partial charge in [0.2, 0.25) is 0 Å². The molecule has 3 nitrogen and oxygen atoms in total. The number of amides is 1. The lowest BCUT2D eigenvalue weighted by molar-refractivity contribution is 0.0933. The minimum atomic E-state index is 0.0413. The van der Waals surface area contributed by atoms with Crippen LogP contribution in [0.4, 0.5) is 5.69 Å². The molecule has 196 valence electrons. The van der Waals surface area contributed by atoms with Gasteiger partial charge in [-0.05, 0) is 90.8 Å². The van der Waals surface area contributed by atoms with E-state index < -0.39 is 0 Å². The van der Waals surface area contributed by atoms with Crippen molar-refractivity contribution in [2.45, 2.75) is 110 Å². The van der Waals surface area contributed by atoms with E-state index >= 15 is 0 Å². The maximum absolute atomic E-state index is 12.7. The number of rotatable bonds is 6. The van der Waals surface area contributed by atoms with Crippen molar-refractivity contribution in [3.8, 4) is 0 Å². The highest BCUT2D eigenvalue weighted by Crippen LogP contribution is 2.27. The van der Waals surface area contributed by atoms with E-state index in [2.05, 4.69) is 49.6 Å². The number of carbonyl (C=O) groups excluding carboxylic acids is 1. The predicted octanol–water partition coefficient (Wildman–Crippen LogP) is 8.29. The number of aryl methyl sites for hydroxylation is 1. The van der Waals surface area contributed by atoms with Crippen molar-refractivity contribution in [1.29, 1.82) is 0 Å². The molecular weight excluding hydrogens is 440 g/mol. The number of nitrogens with one attached hydrogen (secondary N) is 2. The maximum atomic E-state index is 12.7. The molecule has 36 heavy (non-hydrogen) atoms. The van der Waals surface area contributed by atoms with Gasteiger partial charge in [0.25, 0.3) is 5.91 Å². The molecule has 1 atom stereocenters. The van der Waals surface area contributed by atoms with Crippen molar-refractivity contribution in [2.24, 2.45) is 11.8 Å². The highest BCUT2D eigenvalue weighted by Gasteiger charge is 2.21. The van der Waals surface area contributed by atoms with Crippen LogP contribution in [0.25, 0.3) is 0 Å². The summed E-state index contributed by atoms with van der Waals surface area (Å²) < 4.78 is 0. The van der Waals surface area contributed by atoms with Crippen LogP contribution in [0.5, 0.6) is 0 Å². The van der Waals surface area contributed by atoms with Crippen LogP contribution in [0.3, 0.4) is 0 Å². The predicted molar refractivity (Wildman–Crippen MR) is 153 cm³/mol. The Hall–Kier alpha value is -2.29. The highest BCUT2D eigenvalue weighted by atomic mass is 16.1. The van der Waals surface area contributed by atoms with E-state index in [1.54, 1.807) is 0 Å². The molecule has 0 radical (unpaired) electrons. The van der Waals surface area contributed by atoms with Gasteiger partial charge in [-0.3, -0.25) is 4.79 Å². The Labute approximate surface area is 219 Å². The minimum Gasteiger partial charge on any atom is -0.385 e. The average molecular weight is 489 g/mol. The fourth-order valence-electron chi connectivity index (χ4n) is 6.05. The second-order valence-corrected chi connectivity index (χ2v) is 11.9. The Morgan fingerprint density at radius 2 is 1.56 bits per heavy atom. The first-order valence-corrected chi connectivity index (χ1v) is 14.7. The standard InChI is InChI=1S/C26H34N2O.C7H14/c1-18(2)21-7-8-23-16-25(14-11-22(23)15-21)28-26(29)20-9-12-24(13-10-20)27-17-19-5-3-4-6-19;1-7-5-3-2-4-6-7/h7-10,12-13,15,18-19,25,27H,3-6,11,14,16-17H2,1-2H3,(H,28,29);7H,2-6H2,1H3. The highest BCUT2D eigenvalue weighted by molar-refractivity contribution is 5.94. The van der Waals surface area contributed by atoms with Crippen molar-refractivity contribution in [2.75, 3.05) is 11.9 Å². The van der Waals surface area contributed by atoms with E-state index in [4.69, 9.17) is 0 Å². The van der Waals surface area contributed by atoms with Crippen molar-refractivity contribution in [3.63, 3.8) is 0 Å². The largest absolute Gasteiger partial charge is 0.385 e. The normalized spacial score (nSPS) is 20.4. The third kappa shape index (κ3) is 7.85. The van der Waals surface area contributed by atoms with Gasteiger partial charge in [0.15, 0.2) is 0 Å². The lowest BCUT2D eigenvalue weighted by Crippen LogP contribution is -2.38. The molecule has 3 aliphatic carbocycles. The number of fused-ring (bicyclic) bond motifs is 1. The van der Waals surface area contributed by atoms with Crippen molar-refractivity contribution in [3.05, 3.63) is 64.7 Å².